The van der Waals surface area contributed by atoms with Gasteiger partial charge in [0, 0.05) is 18.8 Å². The number of hydrogen-bond donors (Lipinski definition) is 3. The van der Waals surface area contributed by atoms with E-state index >= 15 is 0 Å². The molecule has 16 heavy (non-hydrogen) atoms. The third kappa shape index (κ3) is 3.07. The molecule has 3 N–H and O–H groups in total. The van der Waals surface area contributed by atoms with Gasteiger partial charge in [0.2, 0.25) is 0 Å². The molecule has 6 nitrogen and oxygen atoms in total. The fourth-order valence-electron chi connectivity index (χ4n) is 1.04. The number of carboxylic acids is 2. The number of nitrogens with zero attached hydrogens (tertiary/aromatic N) is 1. The predicted molar refractivity (Wildman–Crippen MR) is 49.3 cm³/mol. The third-order valence-electron chi connectivity index (χ3n) is 1.89. The Labute approximate surface area is 105 Å². The molecule has 0 bridgehead atoms. The summed E-state index contributed by atoms with van der Waals surface area (Å²) in [6.07, 6.45) is 2.24. The van der Waals surface area contributed by atoms with Gasteiger partial charge in [0.15, 0.2) is 0 Å². The fraction of sp³-hybridized carbons (Fsp3) is 0.222. The molecule has 1 heterocycles. The number of pyridine rings is 1. The van der Waals surface area contributed by atoms with Crippen molar-refractivity contribution in [3.05, 3.63) is 30.1 Å². The van der Waals surface area contributed by atoms with E-state index in [1.807, 2.05) is 0 Å². The summed E-state index contributed by atoms with van der Waals surface area (Å²) in [7, 11) is 0. The van der Waals surface area contributed by atoms with Crippen LogP contribution in [-0.2, 0) is 16.0 Å². The van der Waals surface area contributed by atoms with Gasteiger partial charge in [0.1, 0.15) is 0 Å². The average Bonchev–Trinajstić information content (AvgIpc) is 2.18. The summed E-state index contributed by atoms with van der Waals surface area (Å²) in [5.74, 6) is -3.59. The van der Waals surface area contributed by atoms with Crippen LogP contribution >= 0.6 is 0 Å². The average molecular weight is 219 g/mol. The fourth-order valence-corrected chi connectivity index (χ4v) is 1.04. The minimum Gasteiger partial charge on any atom is -1.00 e. The van der Waals surface area contributed by atoms with Gasteiger partial charge in [-0.3, -0.25) is 4.98 Å². The van der Waals surface area contributed by atoms with Gasteiger partial charge in [-0.05, 0) is 11.6 Å². The van der Waals surface area contributed by atoms with Gasteiger partial charge < -0.3 is 16.7 Å². The predicted octanol–water partition coefficient (Wildman–Crippen LogP) is -3.36. The minimum atomic E-state index is -2.80. The van der Waals surface area contributed by atoms with Crippen LogP contribution in [0, 0.1) is 0 Å². The van der Waals surface area contributed by atoms with E-state index in [9.17, 15) is 14.7 Å². The van der Waals surface area contributed by atoms with E-state index < -0.39 is 24.0 Å². The second kappa shape index (κ2) is 5.66. The first kappa shape index (κ1) is 14.6. The van der Waals surface area contributed by atoms with Crippen molar-refractivity contribution in [2.45, 2.75) is 12.0 Å². The summed E-state index contributed by atoms with van der Waals surface area (Å²) in [6.45, 7) is 0. The second-order valence-corrected chi connectivity index (χ2v) is 3.01. The van der Waals surface area contributed by atoms with Gasteiger partial charge in [0.05, 0.1) is 0 Å². The Morgan fingerprint density at radius 1 is 1.38 bits per heavy atom. The first-order valence-electron chi connectivity index (χ1n) is 4.05. The number of carboxylic acid groups (broad SMARTS) is 2. The van der Waals surface area contributed by atoms with Crippen LogP contribution in [-0.4, -0.2) is 37.8 Å². The zero-order valence-corrected chi connectivity index (χ0v) is 8.62. The summed E-state index contributed by atoms with van der Waals surface area (Å²) in [6, 6.07) is 3.02. The Morgan fingerprint density at radius 3 is 2.31 bits per heavy atom. The van der Waals surface area contributed by atoms with Crippen molar-refractivity contribution < 1.29 is 45.2 Å². The smallest absolute Gasteiger partial charge is 1.00 e. The Bertz CT molecular complexity index is 372. The monoisotopic (exact) mass is 219 g/mol. The molecular formula is C9H10LiNO5. The Hall–Kier alpha value is -1.35. The molecule has 1 rings (SSSR count). The van der Waals surface area contributed by atoms with Crippen molar-refractivity contribution in [2.75, 3.05) is 0 Å². The SMILES string of the molecule is O=C(O)C(O)(Cc1cccnc1)C(=O)O.[H-].[Li+]. The Balaban J connectivity index is 0. The molecule has 82 valence electrons. The van der Waals surface area contributed by atoms with Crippen LogP contribution in [0.25, 0.3) is 0 Å². The summed E-state index contributed by atoms with van der Waals surface area (Å²) < 4.78 is 0. The normalized spacial score (nSPS) is 10.3. The Morgan fingerprint density at radius 2 is 1.94 bits per heavy atom. The molecule has 1 aromatic heterocycles. The first-order valence-corrected chi connectivity index (χ1v) is 4.05. The van der Waals surface area contributed by atoms with Crippen LogP contribution in [0.5, 0.6) is 0 Å². The summed E-state index contributed by atoms with van der Waals surface area (Å²) >= 11 is 0. The number of aliphatic hydroxyl groups is 1. The van der Waals surface area contributed by atoms with Crippen molar-refractivity contribution >= 4 is 11.9 Å². The number of hydrogen-bond acceptors (Lipinski definition) is 4. The van der Waals surface area contributed by atoms with Crippen LogP contribution in [0.3, 0.4) is 0 Å². The molecule has 0 atom stereocenters. The van der Waals surface area contributed by atoms with Crippen molar-refractivity contribution in [1.29, 1.82) is 0 Å². The van der Waals surface area contributed by atoms with Crippen LogP contribution in [0.4, 0.5) is 0 Å². The number of aromatic nitrogens is 1. The van der Waals surface area contributed by atoms with Gasteiger partial charge in [-0.2, -0.15) is 0 Å². The van der Waals surface area contributed by atoms with Crippen LogP contribution in [0.15, 0.2) is 24.5 Å². The molecule has 0 aliphatic rings. The molecule has 0 spiro atoms. The van der Waals surface area contributed by atoms with E-state index in [4.69, 9.17) is 10.2 Å². The molecule has 0 aromatic carbocycles. The zero-order chi connectivity index (χ0) is 11.5. The first-order chi connectivity index (χ1) is 6.97. The summed E-state index contributed by atoms with van der Waals surface area (Å²) in [5.41, 5.74) is -2.46. The quantitative estimate of drug-likeness (QED) is 0.360. The molecule has 0 saturated heterocycles. The Kier molecular flexibility index (Phi) is 5.18. The molecular weight excluding hydrogens is 209 g/mol. The number of carbonyl (C=O) groups is 2. The second-order valence-electron chi connectivity index (χ2n) is 3.01. The van der Waals surface area contributed by atoms with Crippen molar-refractivity contribution in [3.8, 4) is 0 Å². The van der Waals surface area contributed by atoms with Crippen LogP contribution in [0.2, 0.25) is 0 Å². The molecule has 0 aliphatic heterocycles. The van der Waals surface area contributed by atoms with Crippen molar-refractivity contribution in [2.24, 2.45) is 0 Å². The topological polar surface area (TPSA) is 108 Å². The van der Waals surface area contributed by atoms with E-state index in [1.54, 1.807) is 0 Å². The molecule has 0 fully saturated rings. The third-order valence-corrected chi connectivity index (χ3v) is 1.89. The molecule has 0 saturated carbocycles. The van der Waals surface area contributed by atoms with E-state index in [0.29, 0.717) is 5.56 Å². The zero-order valence-electron chi connectivity index (χ0n) is 9.62. The van der Waals surface area contributed by atoms with Crippen molar-refractivity contribution in [3.63, 3.8) is 0 Å². The van der Waals surface area contributed by atoms with E-state index in [2.05, 4.69) is 4.98 Å². The van der Waals surface area contributed by atoms with Gasteiger partial charge in [-0.1, -0.05) is 6.07 Å². The molecule has 7 heteroatoms. The maximum absolute atomic E-state index is 10.6. The molecule has 0 amide bonds. The molecule has 0 radical (unpaired) electrons. The van der Waals surface area contributed by atoms with Gasteiger partial charge in [0.25, 0.3) is 5.60 Å². The maximum Gasteiger partial charge on any atom is 1.00 e. The van der Waals surface area contributed by atoms with Gasteiger partial charge >= 0.3 is 30.8 Å². The van der Waals surface area contributed by atoms with Gasteiger partial charge in [-0.25, -0.2) is 9.59 Å². The molecule has 0 unspecified atom stereocenters. The van der Waals surface area contributed by atoms with Crippen LogP contribution < -0.4 is 18.9 Å². The number of aliphatic carboxylic acids is 2. The maximum atomic E-state index is 10.6. The summed E-state index contributed by atoms with van der Waals surface area (Å²) in [4.78, 5) is 24.9. The largest absolute Gasteiger partial charge is 1.00 e. The van der Waals surface area contributed by atoms with Crippen molar-refractivity contribution in [1.82, 2.24) is 4.98 Å². The molecule has 1 aromatic rings. The number of rotatable bonds is 4. The van der Waals surface area contributed by atoms with E-state index in [1.165, 1.54) is 24.5 Å². The standard InChI is InChI=1S/C9H9NO5.Li.H/c11-7(12)9(15,8(13)14)4-6-2-1-3-10-5-6;;/h1-3,5,15H,4H2,(H,11,12)(H,13,14);;/q;+1;-1. The van der Waals surface area contributed by atoms with Gasteiger partial charge in [-0.15, -0.1) is 0 Å². The minimum absolute atomic E-state index is 0. The van der Waals surface area contributed by atoms with Crippen LogP contribution in [0.1, 0.15) is 6.99 Å². The van der Waals surface area contributed by atoms with E-state index in [-0.39, 0.29) is 20.3 Å². The molecule has 0 aliphatic carbocycles. The van der Waals surface area contributed by atoms with E-state index in [0.717, 1.165) is 0 Å². The summed E-state index contributed by atoms with van der Waals surface area (Å²) in [5, 5.41) is 26.6.